The van der Waals surface area contributed by atoms with Crippen molar-refractivity contribution in [3.63, 3.8) is 0 Å². The first-order valence-corrected chi connectivity index (χ1v) is 7.55. The van der Waals surface area contributed by atoms with Crippen molar-refractivity contribution in [3.05, 3.63) is 34.6 Å². The summed E-state index contributed by atoms with van der Waals surface area (Å²) in [5.41, 5.74) is 0.0983. The standard InChI is InChI=1S/C15H20ClFN2O3/c1-15(5-2-6-22-15)9-18-14(21)19-13(8-20)10-3-4-11(16)12(17)7-10/h3-4,7,13,20H,2,5-6,8-9H2,1H3,(H2,18,19,21). The van der Waals surface area contributed by atoms with E-state index in [9.17, 15) is 14.3 Å². The lowest BCUT2D eigenvalue weighted by Gasteiger charge is -2.24. The van der Waals surface area contributed by atoms with E-state index >= 15 is 0 Å². The molecule has 1 heterocycles. The molecule has 1 aromatic rings. The second-order valence-electron chi connectivity index (χ2n) is 5.64. The maximum absolute atomic E-state index is 13.5. The monoisotopic (exact) mass is 330 g/mol. The molecule has 0 aliphatic carbocycles. The molecule has 22 heavy (non-hydrogen) atoms. The first kappa shape index (κ1) is 17.0. The number of halogens is 2. The highest BCUT2D eigenvalue weighted by molar-refractivity contribution is 6.30. The van der Waals surface area contributed by atoms with Crippen LogP contribution in [0.3, 0.4) is 0 Å². The average molecular weight is 331 g/mol. The molecule has 1 aliphatic rings. The summed E-state index contributed by atoms with van der Waals surface area (Å²) < 4.78 is 19.0. The topological polar surface area (TPSA) is 70.6 Å². The number of benzene rings is 1. The molecule has 122 valence electrons. The summed E-state index contributed by atoms with van der Waals surface area (Å²) in [6, 6.07) is 3.01. The molecule has 0 aromatic heterocycles. The summed E-state index contributed by atoms with van der Waals surface area (Å²) >= 11 is 5.62. The molecule has 1 aliphatic heterocycles. The number of hydrogen-bond acceptors (Lipinski definition) is 3. The molecular weight excluding hydrogens is 311 g/mol. The maximum atomic E-state index is 13.5. The van der Waals surface area contributed by atoms with E-state index < -0.39 is 17.9 Å². The minimum absolute atomic E-state index is 0.00352. The zero-order valence-electron chi connectivity index (χ0n) is 12.4. The van der Waals surface area contributed by atoms with Gasteiger partial charge in [0.05, 0.1) is 23.3 Å². The molecule has 0 radical (unpaired) electrons. The van der Waals surface area contributed by atoms with E-state index in [4.69, 9.17) is 16.3 Å². The number of carbonyl (C=O) groups is 1. The van der Waals surface area contributed by atoms with E-state index in [2.05, 4.69) is 10.6 Å². The van der Waals surface area contributed by atoms with Crippen molar-refractivity contribution >= 4 is 17.6 Å². The van der Waals surface area contributed by atoms with Crippen LogP contribution in [0.2, 0.25) is 5.02 Å². The predicted molar refractivity (Wildman–Crippen MR) is 81.4 cm³/mol. The largest absolute Gasteiger partial charge is 0.394 e. The molecule has 0 spiro atoms. The smallest absolute Gasteiger partial charge is 0.315 e. The molecule has 5 nitrogen and oxygen atoms in total. The Hall–Kier alpha value is -1.37. The van der Waals surface area contributed by atoms with Crippen LogP contribution in [0.15, 0.2) is 18.2 Å². The second-order valence-corrected chi connectivity index (χ2v) is 6.04. The Kier molecular flexibility index (Phi) is 5.61. The van der Waals surface area contributed by atoms with Gasteiger partial charge < -0.3 is 20.5 Å². The van der Waals surface area contributed by atoms with Crippen molar-refractivity contribution in [1.82, 2.24) is 10.6 Å². The SMILES string of the molecule is CC1(CNC(=O)NC(CO)c2ccc(Cl)c(F)c2)CCCO1. The maximum Gasteiger partial charge on any atom is 0.315 e. The van der Waals surface area contributed by atoms with Crippen molar-refractivity contribution in [3.8, 4) is 0 Å². The van der Waals surface area contributed by atoms with Crippen molar-refractivity contribution in [2.45, 2.75) is 31.4 Å². The molecule has 2 amide bonds. The van der Waals surface area contributed by atoms with Crippen molar-refractivity contribution in [2.24, 2.45) is 0 Å². The van der Waals surface area contributed by atoms with Crippen LogP contribution in [0.1, 0.15) is 31.4 Å². The van der Waals surface area contributed by atoms with Gasteiger partial charge in [0.2, 0.25) is 0 Å². The van der Waals surface area contributed by atoms with Crippen LogP contribution >= 0.6 is 11.6 Å². The molecule has 1 saturated heterocycles. The molecule has 2 rings (SSSR count). The Bertz CT molecular complexity index is 536. The lowest BCUT2D eigenvalue weighted by molar-refractivity contribution is 0.0228. The molecule has 0 saturated carbocycles. The van der Waals surface area contributed by atoms with Crippen LogP contribution in [-0.2, 0) is 4.74 Å². The number of nitrogens with one attached hydrogen (secondary N) is 2. The van der Waals surface area contributed by atoms with Crippen LogP contribution in [0.5, 0.6) is 0 Å². The summed E-state index contributed by atoms with van der Waals surface area (Å²) in [7, 11) is 0. The number of rotatable bonds is 5. The number of ether oxygens (including phenoxy) is 1. The van der Waals surface area contributed by atoms with Crippen LogP contribution in [-0.4, -0.2) is 36.5 Å². The fourth-order valence-electron chi connectivity index (χ4n) is 2.42. The lowest BCUT2D eigenvalue weighted by atomic mass is 10.0. The predicted octanol–water partition coefficient (Wildman–Crippen LogP) is 2.38. The van der Waals surface area contributed by atoms with Crippen LogP contribution in [0.25, 0.3) is 0 Å². The van der Waals surface area contributed by atoms with Crippen LogP contribution in [0, 0.1) is 5.82 Å². The van der Waals surface area contributed by atoms with Gasteiger partial charge in [-0.05, 0) is 37.5 Å². The van der Waals surface area contributed by atoms with Crippen molar-refractivity contribution in [2.75, 3.05) is 19.8 Å². The highest BCUT2D eigenvalue weighted by Gasteiger charge is 2.30. The highest BCUT2D eigenvalue weighted by Crippen LogP contribution is 2.24. The van der Waals surface area contributed by atoms with E-state index in [1.807, 2.05) is 6.92 Å². The fourth-order valence-corrected chi connectivity index (χ4v) is 2.53. The van der Waals surface area contributed by atoms with Crippen LogP contribution in [0.4, 0.5) is 9.18 Å². The highest BCUT2D eigenvalue weighted by atomic mass is 35.5. The number of urea groups is 1. The average Bonchev–Trinajstić information content (AvgIpc) is 2.93. The Morgan fingerprint density at radius 3 is 2.95 bits per heavy atom. The Morgan fingerprint density at radius 1 is 1.59 bits per heavy atom. The van der Waals surface area contributed by atoms with Crippen molar-refractivity contribution in [1.29, 1.82) is 0 Å². The van der Waals surface area contributed by atoms with Crippen LogP contribution < -0.4 is 10.6 Å². The molecule has 2 unspecified atom stereocenters. The van der Waals surface area contributed by atoms with Gasteiger partial charge in [-0.15, -0.1) is 0 Å². The summed E-state index contributed by atoms with van der Waals surface area (Å²) in [5, 5.41) is 14.7. The molecule has 1 aromatic carbocycles. The van der Waals surface area contributed by atoms with Gasteiger partial charge in [0.15, 0.2) is 0 Å². The first-order chi connectivity index (χ1) is 10.4. The van der Waals surface area contributed by atoms with Crippen molar-refractivity contribution < 1.29 is 19.0 Å². The molecule has 0 bridgehead atoms. The minimum atomic E-state index is -0.705. The van der Waals surface area contributed by atoms with E-state index in [-0.39, 0.29) is 17.2 Å². The van der Waals surface area contributed by atoms with Gasteiger partial charge in [0, 0.05) is 13.2 Å². The van der Waals surface area contributed by atoms with Gasteiger partial charge in [-0.1, -0.05) is 17.7 Å². The Labute approximate surface area is 133 Å². The summed E-state index contributed by atoms with van der Waals surface area (Å²) in [4.78, 5) is 11.9. The third-order valence-corrected chi connectivity index (χ3v) is 4.06. The number of aliphatic hydroxyl groups excluding tert-OH is 1. The third kappa shape index (κ3) is 4.32. The molecule has 3 N–H and O–H groups in total. The lowest BCUT2D eigenvalue weighted by Crippen LogP contribution is -2.46. The Balaban J connectivity index is 1.91. The van der Waals surface area contributed by atoms with E-state index in [0.29, 0.717) is 18.7 Å². The fraction of sp³-hybridized carbons (Fsp3) is 0.533. The number of aliphatic hydroxyl groups is 1. The number of amides is 2. The summed E-state index contributed by atoms with van der Waals surface area (Å²) in [5.74, 6) is -0.591. The minimum Gasteiger partial charge on any atom is -0.394 e. The molecule has 1 fully saturated rings. The number of hydrogen-bond donors (Lipinski definition) is 3. The second kappa shape index (κ2) is 7.26. The normalized spacial score (nSPS) is 22.4. The summed E-state index contributed by atoms with van der Waals surface area (Å²) in [6.45, 7) is 2.68. The quantitative estimate of drug-likeness (QED) is 0.776. The van der Waals surface area contributed by atoms with E-state index in [0.717, 1.165) is 12.8 Å². The zero-order chi connectivity index (χ0) is 16.2. The number of carbonyl (C=O) groups excluding carboxylic acids is 1. The zero-order valence-corrected chi connectivity index (χ0v) is 13.1. The van der Waals surface area contributed by atoms with Gasteiger partial charge in [0.1, 0.15) is 5.82 Å². The Morgan fingerprint density at radius 2 is 2.36 bits per heavy atom. The molecular formula is C15H20ClFN2O3. The first-order valence-electron chi connectivity index (χ1n) is 7.18. The van der Waals surface area contributed by atoms with E-state index in [1.165, 1.54) is 12.1 Å². The van der Waals surface area contributed by atoms with Gasteiger partial charge in [-0.3, -0.25) is 0 Å². The molecule has 2 atom stereocenters. The van der Waals surface area contributed by atoms with Gasteiger partial charge in [0.25, 0.3) is 0 Å². The van der Waals surface area contributed by atoms with Gasteiger partial charge in [-0.2, -0.15) is 0 Å². The summed E-state index contributed by atoms with van der Waals surface area (Å²) in [6.07, 6.45) is 1.86. The third-order valence-electron chi connectivity index (χ3n) is 3.76. The van der Waals surface area contributed by atoms with Gasteiger partial charge in [-0.25, -0.2) is 9.18 Å². The van der Waals surface area contributed by atoms with Gasteiger partial charge >= 0.3 is 6.03 Å². The molecule has 7 heteroatoms. The van der Waals surface area contributed by atoms with E-state index in [1.54, 1.807) is 6.07 Å².